The standard InChI is InChI=1S/C13H25N2O2/c1-5-10-6-7-11(9-15(2)3)13(14,8-10)12(16)17-4/h10-11H,1,5-9,14H2,2-4H3. The van der Waals surface area contributed by atoms with Crippen molar-refractivity contribution in [3.63, 3.8) is 0 Å². The van der Waals surface area contributed by atoms with Gasteiger partial charge in [-0.05, 0) is 39.3 Å². The van der Waals surface area contributed by atoms with Crippen LogP contribution < -0.4 is 5.73 Å². The lowest BCUT2D eigenvalue weighted by Crippen LogP contribution is -2.60. The first kappa shape index (κ1) is 14.5. The summed E-state index contributed by atoms with van der Waals surface area (Å²) in [6.45, 7) is 4.76. The lowest BCUT2D eigenvalue weighted by molar-refractivity contribution is -0.152. The molecular formula is C13H25N2O2. The van der Waals surface area contributed by atoms with Gasteiger partial charge >= 0.3 is 5.97 Å². The molecule has 0 aromatic carbocycles. The molecule has 4 heteroatoms. The highest BCUT2D eigenvalue weighted by Gasteiger charge is 2.47. The predicted octanol–water partition coefficient (Wildman–Crippen LogP) is 1.06. The van der Waals surface area contributed by atoms with Crippen LogP contribution in [0.15, 0.2) is 0 Å². The van der Waals surface area contributed by atoms with Crippen molar-refractivity contribution in [1.29, 1.82) is 0 Å². The first-order valence-corrected chi connectivity index (χ1v) is 6.25. The molecule has 0 aromatic rings. The van der Waals surface area contributed by atoms with Gasteiger partial charge in [-0.2, -0.15) is 0 Å². The molecule has 3 unspecified atom stereocenters. The van der Waals surface area contributed by atoms with Crippen molar-refractivity contribution >= 4 is 5.97 Å². The zero-order chi connectivity index (χ0) is 13.1. The Kier molecular flexibility index (Phi) is 4.95. The van der Waals surface area contributed by atoms with E-state index in [9.17, 15) is 4.79 Å². The summed E-state index contributed by atoms with van der Waals surface area (Å²) >= 11 is 0. The second kappa shape index (κ2) is 5.83. The van der Waals surface area contributed by atoms with E-state index >= 15 is 0 Å². The lowest BCUT2D eigenvalue weighted by Gasteiger charge is -2.43. The Morgan fingerprint density at radius 2 is 2.18 bits per heavy atom. The summed E-state index contributed by atoms with van der Waals surface area (Å²) in [6, 6.07) is 0. The number of carbonyl (C=O) groups is 1. The molecular weight excluding hydrogens is 216 g/mol. The van der Waals surface area contributed by atoms with Crippen LogP contribution in [0.3, 0.4) is 0 Å². The number of esters is 1. The fourth-order valence-electron chi connectivity index (χ4n) is 2.82. The van der Waals surface area contributed by atoms with E-state index in [0.29, 0.717) is 12.3 Å². The summed E-state index contributed by atoms with van der Waals surface area (Å²) in [5.74, 6) is 0.341. The van der Waals surface area contributed by atoms with Crippen LogP contribution in [0.1, 0.15) is 25.7 Å². The number of rotatable bonds is 4. The van der Waals surface area contributed by atoms with Gasteiger partial charge in [-0.1, -0.05) is 13.3 Å². The average Bonchev–Trinajstić information content (AvgIpc) is 2.30. The topological polar surface area (TPSA) is 55.6 Å². The molecule has 2 N–H and O–H groups in total. The van der Waals surface area contributed by atoms with Crippen molar-refractivity contribution in [1.82, 2.24) is 4.90 Å². The van der Waals surface area contributed by atoms with Gasteiger partial charge in [0.05, 0.1) is 7.11 Å². The number of hydrogen-bond donors (Lipinski definition) is 1. The molecule has 1 saturated carbocycles. The van der Waals surface area contributed by atoms with E-state index < -0.39 is 5.54 Å². The van der Waals surface area contributed by atoms with Crippen molar-refractivity contribution in [3.8, 4) is 0 Å². The van der Waals surface area contributed by atoms with Gasteiger partial charge in [0.25, 0.3) is 0 Å². The van der Waals surface area contributed by atoms with E-state index in [2.05, 4.69) is 11.8 Å². The fraction of sp³-hybridized carbons (Fsp3) is 0.846. The molecule has 1 aliphatic rings. The van der Waals surface area contributed by atoms with Crippen LogP contribution in [0, 0.1) is 18.8 Å². The second-order valence-corrected chi connectivity index (χ2v) is 5.43. The van der Waals surface area contributed by atoms with Crippen LogP contribution in [-0.2, 0) is 9.53 Å². The predicted molar refractivity (Wildman–Crippen MR) is 68.3 cm³/mol. The smallest absolute Gasteiger partial charge is 0.326 e. The van der Waals surface area contributed by atoms with E-state index in [0.717, 1.165) is 25.8 Å². The molecule has 4 nitrogen and oxygen atoms in total. The van der Waals surface area contributed by atoms with Crippen molar-refractivity contribution in [2.45, 2.75) is 31.2 Å². The van der Waals surface area contributed by atoms with Crippen LogP contribution >= 0.6 is 0 Å². The lowest BCUT2D eigenvalue weighted by atomic mass is 9.68. The highest BCUT2D eigenvalue weighted by Crippen LogP contribution is 2.38. The van der Waals surface area contributed by atoms with Crippen LogP contribution in [0.4, 0.5) is 0 Å². The third-order valence-electron chi connectivity index (χ3n) is 3.84. The number of carbonyl (C=O) groups excluding carboxylic acids is 1. The molecule has 3 atom stereocenters. The Morgan fingerprint density at radius 1 is 1.53 bits per heavy atom. The van der Waals surface area contributed by atoms with Crippen LogP contribution in [0.5, 0.6) is 0 Å². The van der Waals surface area contributed by atoms with Gasteiger partial charge in [-0.25, -0.2) is 0 Å². The van der Waals surface area contributed by atoms with Crippen molar-refractivity contribution < 1.29 is 9.53 Å². The fourth-order valence-corrected chi connectivity index (χ4v) is 2.82. The molecule has 1 radical (unpaired) electrons. The molecule has 1 aliphatic carbocycles. The van der Waals surface area contributed by atoms with Gasteiger partial charge < -0.3 is 15.4 Å². The van der Waals surface area contributed by atoms with Gasteiger partial charge in [-0.3, -0.25) is 4.79 Å². The number of nitrogens with zero attached hydrogens (tertiary/aromatic N) is 1. The van der Waals surface area contributed by atoms with Crippen molar-refractivity contribution in [2.24, 2.45) is 17.6 Å². The zero-order valence-electron chi connectivity index (χ0n) is 11.2. The largest absolute Gasteiger partial charge is 0.468 e. The third kappa shape index (κ3) is 3.19. The molecule has 0 bridgehead atoms. The Labute approximate surface area is 104 Å². The maximum Gasteiger partial charge on any atom is 0.326 e. The van der Waals surface area contributed by atoms with Gasteiger partial charge in [0.2, 0.25) is 0 Å². The zero-order valence-corrected chi connectivity index (χ0v) is 11.2. The molecule has 99 valence electrons. The van der Waals surface area contributed by atoms with Crippen LogP contribution in [-0.4, -0.2) is 44.2 Å². The SMILES string of the molecule is [CH2]CC1CCC(CN(C)C)C(N)(C(=O)OC)C1. The van der Waals surface area contributed by atoms with Gasteiger partial charge in [-0.15, -0.1) is 0 Å². The normalized spacial score (nSPS) is 33.8. The van der Waals surface area contributed by atoms with E-state index in [1.807, 2.05) is 14.1 Å². The minimum Gasteiger partial charge on any atom is -0.468 e. The number of ether oxygens (including phenoxy) is 1. The number of methoxy groups -OCH3 is 1. The van der Waals surface area contributed by atoms with Gasteiger partial charge in [0.15, 0.2) is 0 Å². The maximum atomic E-state index is 12.0. The second-order valence-electron chi connectivity index (χ2n) is 5.43. The summed E-state index contributed by atoms with van der Waals surface area (Å²) in [5.41, 5.74) is 5.51. The summed E-state index contributed by atoms with van der Waals surface area (Å²) in [4.78, 5) is 14.0. The van der Waals surface area contributed by atoms with Crippen LogP contribution in [0.2, 0.25) is 0 Å². The molecule has 1 fully saturated rings. The van der Waals surface area contributed by atoms with E-state index in [1.54, 1.807) is 0 Å². The van der Waals surface area contributed by atoms with Crippen LogP contribution in [0.25, 0.3) is 0 Å². The summed E-state index contributed by atoms with van der Waals surface area (Å²) in [7, 11) is 5.42. The molecule has 17 heavy (non-hydrogen) atoms. The van der Waals surface area contributed by atoms with Gasteiger partial charge in [0.1, 0.15) is 5.54 Å². The number of nitrogens with two attached hydrogens (primary N) is 1. The van der Waals surface area contributed by atoms with Gasteiger partial charge in [0, 0.05) is 12.5 Å². The van der Waals surface area contributed by atoms with E-state index in [-0.39, 0.29) is 11.9 Å². The Bertz CT molecular complexity index is 268. The summed E-state index contributed by atoms with van der Waals surface area (Å²) in [6.07, 6.45) is 3.62. The maximum absolute atomic E-state index is 12.0. The molecule has 0 saturated heterocycles. The quantitative estimate of drug-likeness (QED) is 0.748. The molecule has 1 rings (SSSR count). The molecule has 0 spiro atoms. The third-order valence-corrected chi connectivity index (χ3v) is 3.84. The molecule has 0 aliphatic heterocycles. The monoisotopic (exact) mass is 241 g/mol. The molecule has 0 heterocycles. The minimum absolute atomic E-state index is 0.174. The van der Waals surface area contributed by atoms with Crippen molar-refractivity contribution in [3.05, 3.63) is 6.92 Å². The first-order valence-electron chi connectivity index (χ1n) is 6.25. The summed E-state index contributed by atoms with van der Waals surface area (Å²) in [5, 5.41) is 0. The highest BCUT2D eigenvalue weighted by molar-refractivity contribution is 5.81. The van der Waals surface area contributed by atoms with E-state index in [1.165, 1.54) is 7.11 Å². The Balaban J connectivity index is 2.84. The molecule has 0 aromatic heterocycles. The summed E-state index contributed by atoms with van der Waals surface area (Å²) < 4.78 is 4.89. The minimum atomic E-state index is -0.834. The average molecular weight is 241 g/mol. The molecule has 0 amide bonds. The Hall–Kier alpha value is -0.610. The number of hydrogen-bond acceptors (Lipinski definition) is 4. The van der Waals surface area contributed by atoms with E-state index in [4.69, 9.17) is 10.5 Å². The first-order chi connectivity index (χ1) is 7.93. The Morgan fingerprint density at radius 3 is 2.65 bits per heavy atom. The van der Waals surface area contributed by atoms with Crippen molar-refractivity contribution in [2.75, 3.05) is 27.7 Å². The highest BCUT2D eigenvalue weighted by atomic mass is 16.5.